The van der Waals surface area contributed by atoms with E-state index in [1.807, 2.05) is 19.9 Å². The summed E-state index contributed by atoms with van der Waals surface area (Å²) in [5, 5.41) is 14.5. The Labute approximate surface area is 150 Å². The maximum absolute atomic E-state index is 12.7. The molecule has 7 heteroatoms. The fourth-order valence-corrected chi connectivity index (χ4v) is 2.55. The third-order valence-corrected chi connectivity index (χ3v) is 3.64. The molecule has 0 unspecified atom stereocenters. The number of nitrogens with one attached hydrogen (secondary N) is 2. The van der Waals surface area contributed by atoms with Crippen LogP contribution in [-0.4, -0.2) is 27.2 Å². The predicted molar refractivity (Wildman–Crippen MR) is 96.9 cm³/mol. The molecule has 0 aliphatic rings. The van der Waals surface area contributed by atoms with Gasteiger partial charge in [-0.1, -0.05) is 12.1 Å². The van der Waals surface area contributed by atoms with Gasteiger partial charge in [-0.3, -0.25) is 14.0 Å². The van der Waals surface area contributed by atoms with E-state index in [1.54, 1.807) is 53.1 Å². The third-order valence-electron chi connectivity index (χ3n) is 3.64. The summed E-state index contributed by atoms with van der Waals surface area (Å²) in [6.07, 6.45) is 1.69. The lowest BCUT2D eigenvalue weighted by Gasteiger charge is -2.06. The summed E-state index contributed by atoms with van der Waals surface area (Å²) in [6.45, 7) is 3.70. The van der Waals surface area contributed by atoms with Gasteiger partial charge in [0, 0.05) is 17.9 Å². The van der Waals surface area contributed by atoms with Gasteiger partial charge in [0.1, 0.15) is 0 Å². The van der Waals surface area contributed by atoms with Crippen LogP contribution in [0.15, 0.2) is 48.7 Å². The van der Waals surface area contributed by atoms with Crippen LogP contribution in [0.2, 0.25) is 0 Å². The second-order valence-corrected chi connectivity index (χ2v) is 6.01. The zero-order valence-corrected chi connectivity index (χ0v) is 14.4. The number of imidazole rings is 1. The first-order valence-corrected chi connectivity index (χ1v) is 8.09. The second kappa shape index (κ2) is 7.07. The number of aromatic nitrogens is 2. The molecule has 0 saturated heterocycles. The molecule has 26 heavy (non-hydrogen) atoms. The Morgan fingerprint density at radius 1 is 1.15 bits per heavy atom. The van der Waals surface area contributed by atoms with Crippen LogP contribution in [-0.2, 0) is 0 Å². The highest BCUT2D eigenvalue weighted by Gasteiger charge is 2.21. The van der Waals surface area contributed by atoms with Gasteiger partial charge in [-0.2, -0.15) is 5.26 Å². The van der Waals surface area contributed by atoms with Crippen molar-refractivity contribution in [3.05, 3.63) is 65.7 Å². The molecule has 2 N–H and O–H groups in total. The van der Waals surface area contributed by atoms with Crippen LogP contribution in [0, 0.1) is 11.3 Å². The number of pyridine rings is 1. The van der Waals surface area contributed by atoms with Crippen molar-refractivity contribution in [2.75, 3.05) is 5.32 Å². The summed E-state index contributed by atoms with van der Waals surface area (Å²) in [6, 6.07) is 13.8. The summed E-state index contributed by atoms with van der Waals surface area (Å²) in [7, 11) is 0. The average molecular weight is 347 g/mol. The first-order valence-electron chi connectivity index (χ1n) is 8.09. The first kappa shape index (κ1) is 17.2. The molecule has 2 heterocycles. The normalized spacial score (nSPS) is 10.5. The molecule has 0 bridgehead atoms. The standard InChI is InChI=1S/C19H17N5O2/c1-12(2)21-19(26)17-23-16(15-8-3-4-9-24(15)17)18(25)22-14-7-5-6-13(10-14)11-20/h3-10,12H,1-2H3,(H,21,26)(H,22,25). The number of nitrogens with zero attached hydrogens (tertiary/aromatic N) is 3. The molecule has 3 rings (SSSR count). The highest BCUT2D eigenvalue weighted by Crippen LogP contribution is 2.16. The van der Waals surface area contributed by atoms with Gasteiger partial charge in [0.05, 0.1) is 17.1 Å². The Morgan fingerprint density at radius 2 is 1.96 bits per heavy atom. The molecular weight excluding hydrogens is 330 g/mol. The van der Waals surface area contributed by atoms with Crippen molar-refractivity contribution in [1.29, 1.82) is 5.26 Å². The lowest BCUT2D eigenvalue weighted by atomic mass is 10.2. The molecule has 0 spiro atoms. The molecule has 3 aromatic rings. The topological polar surface area (TPSA) is 99.3 Å². The fourth-order valence-electron chi connectivity index (χ4n) is 2.55. The molecule has 130 valence electrons. The number of carbonyl (C=O) groups is 2. The van der Waals surface area contributed by atoms with Crippen molar-refractivity contribution >= 4 is 23.0 Å². The number of benzene rings is 1. The molecule has 1 aromatic carbocycles. The number of rotatable bonds is 4. The van der Waals surface area contributed by atoms with E-state index < -0.39 is 5.91 Å². The second-order valence-electron chi connectivity index (χ2n) is 6.01. The molecule has 0 saturated carbocycles. The number of hydrogen-bond donors (Lipinski definition) is 2. The van der Waals surface area contributed by atoms with Crippen molar-refractivity contribution < 1.29 is 9.59 Å². The van der Waals surface area contributed by atoms with Crippen molar-refractivity contribution in [2.45, 2.75) is 19.9 Å². The summed E-state index contributed by atoms with van der Waals surface area (Å²) in [5.41, 5.74) is 1.59. The number of nitriles is 1. The maximum Gasteiger partial charge on any atom is 0.287 e. The number of amides is 2. The molecule has 2 amide bonds. The fraction of sp³-hybridized carbons (Fsp3) is 0.158. The van der Waals surface area contributed by atoms with Crippen LogP contribution in [0.3, 0.4) is 0 Å². The minimum atomic E-state index is -0.451. The van der Waals surface area contributed by atoms with E-state index in [9.17, 15) is 9.59 Å². The number of fused-ring (bicyclic) bond motifs is 1. The molecular formula is C19H17N5O2. The van der Waals surface area contributed by atoms with E-state index in [4.69, 9.17) is 5.26 Å². The molecule has 0 aliphatic carbocycles. The largest absolute Gasteiger partial charge is 0.347 e. The molecule has 0 aliphatic heterocycles. The van der Waals surface area contributed by atoms with Crippen LogP contribution >= 0.6 is 0 Å². The van der Waals surface area contributed by atoms with Gasteiger partial charge >= 0.3 is 0 Å². The van der Waals surface area contributed by atoms with Gasteiger partial charge in [-0.25, -0.2) is 4.98 Å². The van der Waals surface area contributed by atoms with Crippen molar-refractivity contribution in [2.24, 2.45) is 0 Å². The Kier molecular flexibility index (Phi) is 4.67. The smallest absolute Gasteiger partial charge is 0.287 e. The van der Waals surface area contributed by atoms with Crippen molar-refractivity contribution in [3.8, 4) is 6.07 Å². The van der Waals surface area contributed by atoms with Crippen LogP contribution in [0.4, 0.5) is 5.69 Å². The molecule has 2 aromatic heterocycles. The zero-order chi connectivity index (χ0) is 18.7. The number of anilines is 1. The summed E-state index contributed by atoms with van der Waals surface area (Å²) >= 11 is 0. The summed E-state index contributed by atoms with van der Waals surface area (Å²) in [4.78, 5) is 29.3. The van der Waals surface area contributed by atoms with Gasteiger partial charge in [0.15, 0.2) is 5.69 Å². The minimum absolute atomic E-state index is 0.0513. The highest BCUT2D eigenvalue weighted by molar-refractivity contribution is 6.09. The van der Waals surface area contributed by atoms with Crippen molar-refractivity contribution in [1.82, 2.24) is 14.7 Å². The summed E-state index contributed by atoms with van der Waals surface area (Å²) in [5.74, 6) is -0.663. The van der Waals surface area contributed by atoms with Crippen LogP contribution in [0.5, 0.6) is 0 Å². The van der Waals surface area contributed by atoms with Gasteiger partial charge in [0.25, 0.3) is 11.8 Å². The van der Waals surface area contributed by atoms with Gasteiger partial charge in [-0.05, 0) is 44.2 Å². The van der Waals surface area contributed by atoms with Crippen LogP contribution in [0.1, 0.15) is 40.5 Å². The predicted octanol–water partition coefficient (Wildman–Crippen LogP) is 2.60. The average Bonchev–Trinajstić information content (AvgIpc) is 3.01. The number of carbonyl (C=O) groups excluding carboxylic acids is 2. The quantitative estimate of drug-likeness (QED) is 0.758. The van der Waals surface area contributed by atoms with Crippen molar-refractivity contribution in [3.63, 3.8) is 0 Å². The number of hydrogen-bond acceptors (Lipinski definition) is 4. The monoisotopic (exact) mass is 347 g/mol. The van der Waals surface area contributed by atoms with Crippen LogP contribution < -0.4 is 10.6 Å². The molecule has 0 atom stereocenters. The lowest BCUT2D eigenvalue weighted by molar-refractivity contribution is 0.0932. The Balaban J connectivity index is 1.98. The van der Waals surface area contributed by atoms with E-state index >= 15 is 0 Å². The summed E-state index contributed by atoms with van der Waals surface area (Å²) < 4.78 is 1.58. The van der Waals surface area contributed by atoms with E-state index in [0.29, 0.717) is 16.8 Å². The van der Waals surface area contributed by atoms with E-state index in [1.165, 1.54) is 0 Å². The molecule has 7 nitrogen and oxygen atoms in total. The van der Waals surface area contributed by atoms with E-state index in [0.717, 1.165) is 0 Å². The van der Waals surface area contributed by atoms with Gasteiger partial charge in [-0.15, -0.1) is 0 Å². The maximum atomic E-state index is 12.7. The molecule has 0 radical (unpaired) electrons. The Hall–Kier alpha value is -3.66. The van der Waals surface area contributed by atoms with Gasteiger partial charge in [0.2, 0.25) is 5.82 Å². The zero-order valence-electron chi connectivity index (χ0n) is 14.4. The van der Waals surface area contributed by atoms with E-state index in [2.05, 4.69) is 15.6 Å². The lowest BCUT2D eigenvalue weighted by Crippen LogP contribution is -2.31. The Morgan fingerprint density at radius 3 is 2.69 bits per heavy atom. The van der Waals surface area contributed by atoms with E-state index in [-0.39, 0.29) is 23.5 Å². The molecule has 0 fully saturated rings. The first-order chi connectivity index (χ1) is 12.5. The van der Waals surface area contributed by atoms with Gasteiger partial charge < -0.3 is 10.6 Å². The third kappa shape index (κ3) is 3.39. The Bertz CT molecular complexity index is 1030. The minimum Gasteiger partial charge on any atom is -0.347 e. The van der Waals surface area contributed by atoms with Crippen LogP contribution in [0.25, 0.3) is 5.52 Å². The highest BCUT2D eigenvalue weighted by atomic mass is 16.2. The SMILES string of the molecule is CC(C)NC(=O)c1nc(C(=O)Nc2cccc(C#N)c2)c2ccccn12.